The Bertz CT molecular complexity index is 472. The van der Waals surface area contributed by atoms with E-state index < -0.39 is 0 Å². The lowest BCUT2D eigenvalue weighted by Gasteiger charge is -2.37. The number of carbonyl (C=O) groups excluding carboxylic acids is 1. The molecule has 1 aromatic rings. The molecule has 3 atom stereocenters. The summed E-state index contributed by atoms with van der Waals surface area (Å²) in [6, 6.07) is 10.3. The summed E-state index contributed by atoms with van der Waals surface area (Å²) in [6.45, 7) is 7.20. The van der Waals surface area contributed by atoms with E-state index in [2.05, 4.69) is 50.3 Å². The molecule has 1 aromatic carbocycles. The van der Waals surface area contributed by atoms with Gasteiger partial charge in [-0.25, -0.2) is 0 Å². The average Bonchev–Trinajstić information content (AvgIpc) is 2.73. The first-order valence-corrected chi connectivity index (χ1v) is 7.69. The molecule has 3 unspecified atom stereocenters. The van der Waals surface area contributed by atoms with Gasteiger partial charge in [-0.05, 0) is 32.5 Å². The Morgan fingerprint density at radius 2 is 1.86 bits per heavy atom. The molecular weight excluding hydrogens is 262 g/mol. The molecule has 2 rings (SSSR count). The van der Waals surface area contributed by atoms with E-state index in [1.807, 2.05) is 30.0 Å². The van der Waals surface area contributed by atoms with Crippen LogP contribution in [0.5, 0.6) is 0 Å². The number of carbonyl (C=O) groups is 1. The topological polar surface area (TPSA) is 35.6 Å². The fourth-order valence-corrected chi connectivity index (χ4v) is 2.98. The fourth-order valence-electron chi connectivity index (χ4n) is 2.98. The molecule has 4 heteroatoms. The number of hydrogen-bond acceptors (Lipinski definition) is 3. The van der Waals surface area contributed by atoms with Gasteiger partial charge in [0, 0.05) is 12.6 Å². The van der Waals surface area contributed by atoms with Crippen molar-refractivity contribution in [3.63, 3.8) is 0 Å². The molecule has 1 saturated heterocycles. The third kappa shape index (κ3) is 3.44. The molecule has 1 heterocycles. The van der Waals surface area contributed by atoms with E-state index in [1.165, 1.54) is 0 Å². The number of rotatable bonds is 5. The zero-order valence-electron chi connectivity index (χ0n) is 13.7. The summed E-state index contributed by atoms with van der Waals surface area (Å²) in [4.78, 5) is 16.9. The van der Waals surface area contributed by atoms with Gasteiger partial charge >= 0.3 is 0 Å². The molecule has 1 aliphatic heterocycles. The Morgan fingerprint density at radius 1 is 1.24 bits per heavy atom. The summed E-state index contributed by atoms with van der Waals surface area (Å²) < 4.78 is 0. The third-order valence-electron chi connectivity index (χ3n) is 4.11. The Labute approximate surface area is 128 Å². The Hall–Kier alpha value is -1.39. The average molecular weight is 289 g/mol. The summed E-state index contributed by atoms with van der Waals surface area (Å²) in [6.07, 6.45) is -0.0268. The second kappa shape index (κ2) is 6.58. The molecule has 0 aromatic heterocycles. The minimum atomic E-state index is -0.126. The minimum Gasteiger partial charge on any atom is -0.317 e. The lowest BCUT2D eigenvalue weighted by atomic mass is 10.00. The van der Waals surface area contributed by atoms with Crippen LogP contribution in [0, 0.1) is 5.92 Å². The summed E-state index contributed by atoms with van der Waals surface area (Å²) in [5.41, 5.74) is 1.15. The van der Waals surface area contributed by atoms with Gasteiger partial charge in [-0.2, -0.15) is 0 Å². The van der Waals surface area contributed by atoms with E-state index >= 15 is 0 Å². The van der Waals surface area contributed by atoms with Crippen LogP contribution in [0.25, 0.3) is 0 Å². The Balaban J connectivity index is 2.33. The highest BCUT2D eigenvalue weighted by Gasteiger charge is 2.42. The van der Waals surface area contributed by atoms with Crippen molar-refractivity contribution in [3.05, 3.63) is 35.9 Å². The van der Waals surface area contributed by atoms with Crippen molar-refractivity contribution >= 4 is 5.91 Å². The zero-order chi connectivity index (χ0) is 15.6. The molecule has 1 N–H and O–H groups in total. The van der Waals surface area contributed by atoms with Crippen LogP contribution in [0.1, 0.15) is 32.5 Å². The van der Waals surface area contributed by atoms with Gasteiger partial charge in [0.25, 0.3) is 0 Å². The lowest BCUT2D eigenvalue weighted by molar-refractivity contribution is -0.133. The van der Waals surface area contributed by atoms with Crippen LogP contribution in [-0.4, -0.2) is 48.4 Å². The number of nitrogens with zero attached hydrogens (tertiary/aromatic N) is 2. The molecule has 0 bridgehead atoms. The maximum atomic E-state index is 12.7. The quantitative estimate of drug-likeness (QED) is 0.901. The van der Waals surface area contributed by atoms with Crippen LogP contribution in [0.3, 0.4) is 0 Å². The predicted molar refractivity (Wildman–Crippen MR) is 85.8 cm³/mol. The van der Waals surface area contributed by atoms with Crippen molar-refractivity contribution in [3.8, 4) is 0 Å². The van der Waals surface area contributed by atoms with Gasteiger partial charge in [-0.3, -0.25) is 10.1 Å². The van der Waals surface area contributed by atoms with Gasteiger partial charge in [0.2, 0.25) is 5.91 Å². The second-order valence-corrected chi connectivity index (χ2v) is 6.52. The summed E-state index contributed by atoms with van der Waals surface area (Å²) in [5, 5.41) is 3.44. The van der Waals surface area contributed by atoms with Gasteiger partial charge in [0.05, 0.1) is 6.04 Å². The summed E-state index contributed by atoms with van der Waals surface area (Å²) >= 11 is 0. The van der Waals surface area contributed by atoms with Crippen LogP contribution >= 0.6 is 0 Å². The van der Waals surface area contributed by atoms with Crippen LogP contribution in [0.2, 0.25) is 0 Å². The highest BCUT2D eigenvalue weighted by atomic mass is 16.2. The smallest absolute Gasteiger partial charge is 0.241 e. The third-order valence-corrected chi connectivity index (χ3v) is 4.11. The molecule has 4 nitrogen and oxygen atoms in total. The molecule has 0 spiro atoms. The summed E-state index contributed by atoms with van der Waals surface area (Å²) in [7, 11) is 4.12. The highest BCUT2D eigenvalue weighted by Crippen LogP contribution is 2.30. The standard InChI is InChI=1S/C17H27N3O/c1-12(2)15(11-19(4)5)20-16(18-13(3)17(20)21)14-9-7-6-8-10-14/h6-10,12-13,15-16,18H,11H2,1-5H3. The van der Waals surface area contributed by atoms with Gasteiger partial charge < -0.3 is 9.80 Å². The van der Waals surface area contributed by atoms with Crippen LogP contribution < -0.4 is 5.32 Å². The number of nitrogens with one attached hydrogen (secondary N) is 1. The fraction of sp³-hybridized carbons (Fsp3) is 0.588. The number of likely N-dealkylation sites (N-methyl/N-ethyl adjacent to an activating group) is 1. The number of benzene rings is 1. The maximum Gasteiger partial charge on any atom is 0.241 e. The monoisotopic (exact) mass is 289 g/mol. The van der Waals surface area contributed by atoms with E-state index in [0.29, 0.717) is 5.92 Å². The SMILES string of the molecule is CC1NC(c2ccccc2)N(C(CN(C)C)C(C)C)C1=O. The molecule has 1 amide bonds. The molecule has 1 fully saturated rings. The Kier molecular flexibility index (Phi) is 5.01. The molecule has 116 valence electrons. The zero-order valence-corrected chi connectivity index (χ0v) is 13.7. The normalized spacial score (nSPS) is 24.1. The second-order valence-electron chi connectivity index (χ2n) is 6.52. The van der Waals surface area contributed by atoms with Crippen molar-refractivity contribution in [1.82, 2.24) is 15.1 Å². The van der Waals surface area contributed by atoms with Gasteiger partial charge in [0.1, 0.15) is 6.17 Å². The molecule has 0 aliphatic carbocycles. The van der Waals surface area contributed by atoms with E-state index in [1.54, 1.807) is 0 Å². The maximum absolute atomic E-state index is 12.7. The van der Waals surface area contributed by atoms with Gasteiger partial charge in [0.15, 0.2) is 0 Å². The van der Waals surface area contributed by atoms with Gasteiger partial charge in [-0.15, -0.1) is 0 Å². The van der Waals surface area contributed by atoms with Gasteiger partial charge in [-0.1, -0.05) is 44.2 Å². The number of amides is 1. The first kappa shape index (κ1) is 16.0. The molecule has 0 radical (unpaired) electrons. The van der Waals surface area contributed by atoms with Crippen LogP contribution in [0.15, 0.2) is 30.3 Å². The Morgan fingerprint density at radius 3 is 2.38 bits per heavy atom. The molecular formula is C17H27N3O. The van der Waals surface area contributed by atoms with E-state index in [9.17, 15) is 4.79 Å². The first-order valence-electron chi connectivity index (χ1n) is 7.69. The summed E-state index contributed by atoms with van der Waals surface area (Å²) in [5.74, 6) is 0.610. The van der Waals surface area contributed by atoms with Crippen molar-refractivity contribution in [2.45, 2.75) is 39.0 Å². The molecule has 1 aliphatic rings. The lowest BCUT2D eigenvalue weighted by Crippen LogP contribution is -2.48. The predicted octanol–water partition coefficient (Wildman–Crippen LogP) is 2.09. The van der Waals surface area contributed by atoms with E-state index in [-0.39, 0.29) is 24.2 Å². The molecule has 0 saturated carbocycles. The highest BCUT2D eigenvalue weighted by molar-refractivity contribution is 5.84. The van der Waals surface area contributed by atoms with E-state index in [0.717, 1.165) is 12.1 Å². The minimum absolute atomic E-state index is 0.0268. The molecule has 21 heavy (non-hydrogen) atoms. The van der Waals surface area contributed by atoms with Crippen molar-refractivity contribution < 1.29 is 4.79 Å². The first-order chi connectivity index (χ1) is 9.91. The van der Waals surface area contributed by atoms with Crippen LogP contribution in [0.4, 0.5) is 0 Å². The largest absolute Gasteiger partial charge is 0.317 e. The number of hydrogen-bond donors (Lipinski definition) is 1. The van der Waals surface area contributed by atoms with E-state index in [4.69, 9.17) is 0 Å². The van der Waals surface area contributed by atoms with Crippen molar-refractivity contribution in [1.29, 1.82) is 0 Å². The van der Waals surface area contributed by atoms with Crippen molar-refractivity contribution in [2.24, 2.45) is 5.92 Å². The van der Waals surface area contributed by atoms with Crippen LogP contribution in [-0.2, 0) is 4.79 Å². The van der Waals surface area contributed by atoms with Crippen molar-refractivity contribution in [2.75, 3.05) is 20.6 Å².